The fraction of sp³-hybridized carbons (Fsp3) is 0.353. The first kappa shape index (κ1) is 16.9. The third-order valence-electron chi connectivity index (χ3n) is 3.44. The van der Waals surface area contributed by atoms with Crippen molar-refractivity contribution in [1.82, 2.24) is 9.97 Å². The monoisotopic (exact) mass is 314 g/mol. The molecule has 23 heavy (non-hydrogen) atoms. The molecule has 6 nitrogen and oxygen atoms in total. The number of carbonyl (C=O) groups is 1. The normalized spacial score (nSPS) is 10.4. The quantitative estimate of drug-likeness (QED) is 0.802. The molecule has 1 amide bonds. The number of benzene rings is 1. The van der Waals surface area contributed by atoms with Crippen molar-refractivity contribution in [3.63, 3.8) is 0 Å². The number of aryl methyl sites for hydroxylation is 3. The minimum Gasteiger partial charge on any atom is -0.383 e. The summed E-state index contributed by atoms with van der Waals surface area (Å²) in [7, 11) is 1.63. The van der Waals surface area contributed by atoms with E-state index in [-0.39, 0.29) is 5.91 Å². The van der Waals surface area contributed by atoms with Crippen LogP contribution in [0.5, 0.6) is 0 Å². The molecule has 0 unspecified atom stereocenters. The number of aromatic nitrogens is 2. The van der Waals surface area contributed by atoms with Gasteiger partial charge in [0, 0.05) is 25.0 Å². The Morgan fingerprint density at radius 2 is 1.91 bits per heavy atom. The van der Waals surface area contributed by atoms with E-state index in [1.807, 2.05) is 39.0 Å². The highest BCUT2D eigenvalue weighted by molar-refractivity contribution is 6.03. The molecule has 0 saturated heterocycles. The number of rotatable bonds is 6. The topological polar surface area (TPSA) is 76.1 Å². The minimum atomic E-state index is -0.256. The fourth-order valence-corrected chi connectivity index (χ4v) is 2.04. The molecule has 122 valence electrons. The maximum Gasteiger partial charge on any atom is 0.274 e. The smallest absolute Gasteiger partial charge is 0.274 e. The van der Waals surface area contributed by atoms with Crippen LogP contribution in [0.1, 0.15) is 27.3 Å². The zero-order chi connectivity index (χ0) is 16.8. The van der Waals surface area contributed by atoms with Gasteiger partial charge in [0.05, 0.1) is 6.61 Å². The van der Waals surface area contributed by atoms with Crippen LogP contribution >= 0.6 is 0 Å². The maximum absolute atomic E-state index is 12.4. The van der Waals surface area contributed by atoms with E-state index in [4.69, 9.17) is 4.74 Å². The van der Waals surface area contributed by atoms with Gasteiger partial charge in [-0.05, 0) is 50.1 Å². The van der Waals surface area contributed by atoms with Crippen molar-refractivity contribution in [2.75, 3.05) is 30.9 Å². The number of nitrogens with zero attached hydrogens (tertiary/aromatic N) is 2. The van der Waals surface area contributed by atoms with Gasteiger partial charge in [-0.1, -0.05) is 6.07 Å². The Labute approximate surface area is 136 Å². The van der Waals surface area contributed by atoms with Crippen molar-refractivity contribution in [2.24, 2.45) is 0 Å². The predicted molar refractivity (Wildman–Crippen MR) is 91.0 cm³/mol. The van der Waals surface area contributed by atoms with Crippen LogP contribution < -0.4 is 10.6 Å². The van der Waals surface area contributed by atoms with Crippen LogP contribution in [0.2, 0.25) is 0 Å². The van der Waals surface area contributed by atoms with Crippen molar-refractivity contribution in [3.05, 3.63) is 46.8 Å². The molecule has 6 heteroatoms. The SMILES string of the molecule is COCCNc1nc(C)cc(C(=O)Nc2ccc(C)c(C)c2)n1. The molecule has 0 bridgehead atoms. The Hall–Kier alpha value is -2.47. The van der Waals surface area contributed by atoms with Crippen LogP contribution in [0.25, 0.3) is 0 Å². The molecule has 2 rings (SSSR count). The molecule has 0 atom stereocenters. The number of anilines is 2. The van der Waals surface area contributed by atoms with Gasteiger partial charge in [0.1, 0.15) is 5.69 Å². The summed E-state index contributed by atoms with van der Waals surface area (Å²) in [6.45, 7) is 7.00. The van der Waals surface area contributed by atoms with Crippen molar-refractivity contribution in [1.29, 1.82) is 0 Å². The molecule has 0 saturated carbocycles. The summed E-state index contributed by atoms with van der Waals surface area (Å²) in [5.41, 5.74) is 4.12. The van der Waals surface area contributed by atoms with E-state index in [9.17, 15) is 4.79 Å². The van der Waals surface area contributed by atoms with Gasteiger partial charge < -0.3 is 15.4 Å². The molecule has 0 spiro atoms. The van der Waals surface area contributed by atoms with Crippen LogP contribution in [0, 0.1) is 20.8 Å². The second-order valence-corrected chi connectivity index (χ2v) is 5.39. The molecule has 0 fully saturated rings. The first-order valence-electron chi connectivity index (χ1n) is 7.46. The van der Waals surface area contributed by atoms with Crippen molar-refractivity contribution in [2.45, 2.75) is 20.8 Å². The molecule has 0 radical (unpaired) electrons. The zero-order valence-corrected chi connectivity index (χ0v) is 13.9. The third-order valence-corrected chi connectivity index (χ3v) is 3.44. The molecule has 0 aliphatic rings. The highest BCUT2D eigenvalue weighted by Crippen LogP contribution is 2.15. The van der Waals surface area contributed by atoms with Crippen LogP contribution in [-0.4, -0.2) is 36.1 Å². The van der Waals surface area contributed by atoms with Gasteiger partial charge in [-0.25, -0.2) is 9.97 Å². The highest BCUT2D eigenvalue weighted by atomic mass is 16.5. The van der Waals surface area contributed by atoms with Gasteiger partial charge in [-0.2, -0.15) is 0 Å². The lowest BCUT2D eigenvalue weighted by molar-refractivity contribution is 0.102. The van der Waals surface area contributed by atoms with Crippen molar-refractivity contribution >= 4 is 17.5 Å². The summed E-state index contributed by atoms with van der Waals surface area (Å²) < 4.78 is 4.97. The van der Waals surface area contributed by atoms with E-state index in [0.29, 0.717) is 24.8 Å². The van der Waals surface area contributed by atoms with E-state index >= 15 is 0 Å². The Kier molecular flexibility index (Phi) is 5.65. The summed E-state index contributed by atoms with van der Waals surface area (Å²) in [4.78, 5) is 20.9. The van der Waals surface area contributed by atoms with E-state index < -0.39 is 0 Å². The van der Waals surface area contributed by atoms with E-state index in [0.717, 1.165) is 16.9 Å². The van der Waals surface area contributed by atoms with Crippen LogP contribution in [0.4, 0.5) is 11.6 Å². The van der Waals surface area contributed by atoms with Crippen molar-refractivity contribution in [3.8, 4) is 0 Å². The van der Waals surface area contributed by atoms with Gasteiger partial charge in [0.2, 0.25) is 5.95 Å². The second kappa shape index (κ2) is 7.69. The summed E-state index contributed by atoms with van der Waals surface area (Å²) in [6, 6.07) is 7.47. The number of ether oxygens (including phenoxy) is 1. The summed E-state index contributed by atoms with van der Waals surface area (Å²) in [5, 5.41) is 5.90. The predicted octanol–water partition coefficient (Wildman–Crippen LogP) is 2.71. The molecule has 0 aliphatic carbocycles. The number of carbonyl (C=O) groups excluding carboxylic acids is 1. The lowest BCUT2D eigenvalue weighted by Crippen LogP contribution is -2.17. The molecular formula is C17H22N4O2. The average Bonchev–Trinajstić information content (AvgIpc) is 2.51. The Morgan fingerprint density at radius 3 is 2.61 bits per heavy atom. The number of hydrogen-bond acceptors (Lipinski definition) is 5. The molecule has 1 heterocycles. The highest BCUT2D eigenvalue weighted by Gasteiger charge is 2.11. The van der Waals surface area contributed by atoms with E-state index in [1.54, 1.807) is 13.2 Å². The van der Waals surface area contributed by atoms with E-state index in [1.165, 1.54) is 5.56 Å². The van der Waals surface area contributed by atoms with Crippen LogP contribution in [-0.2, 0) is 4.74 Å². The molecule has 0 aliphatic heterocycles. The molecule has 2 aromatic rings. The maximum atomic E-state index is 12.4. The van der Waals surface area contributed by atoms with E-state index in [2.05, 4.69) is 20.6 Å². The van der Waals surface area contributed by atoms with Gasteiger partial charge in [0.15, 0.2) is 0 Å². The zero-order valence-electron chi connectivity index (χ0n) is 13.9. The van der Waals surface area contributed by atoms with Crippen molar-refractivity contribution < 1.29 is 9.53 Å². The van der Waals surface area contributed by atoms with Gasteiger partial charge in [-0.15, -0.1) is 0 Å². The molecule has 1 aromatic heterocycles. The lowest BCUT2D eigenvalue weighted by atomic mass is 10.1. The fourth-order valence-electron chi connectivity index (χ4n) is 2.04. The number of amides is 1. The third kappa shape index (κ3) is 4.75. The standard InChI is InChI=1S/C17H22N4O2/c1-11-5-6-14(9-12(11)2)20-16(22)15-10-13(3)19-17(21-15)18-7-8-23-4/h5-6,9-10H,7-8H2,1-4H3,(H,20,22)(H,18,19,21). The Morgan fingerprint density at radius 1 is 1.13 bits per heavy atom. The average molecular weight is 314 g/mol. The number of nitrogens with one attached hydrogen (secondary N) is 2. The number of hydrogen-bond donors (Lipinski definition) is 2. The Balaban J connectivity index is 2.13. The molecule has 1 aromatic carbocycles. The first-order valence-corrected chi connectivity index (χ1v) is 7.46. The summed E-state index contributed by atoms with van der Waals surface area (Å²) in [6.07, 6.45) is 0. The molecular weight excluding hydrogens is 292 g/mol. The van der Waals surface area contributed by atoms with Crippen LogP contribution in [0.15, 0.2) is 24.3 Å². The minimum absolute atomic E-state index is 0.256. The van der Waals surface area contributed by atoms with Gasteiger partial charge in [0.25, 0.3) is 5.91 Å². The molecule has 2 N–H and O–H groups in total. The Bertz CT molecular complexity index is 701. The van der Waals surface area contributed by atoms with Gasteiger partial charge in [-0.3, -0.25) is 4.79 Å². The van der Waals surface area contributed by atoms with Gasteiger partial charge >= 0.3 is 0 Å². The summed E-state index contributed by atoms with van der Waals surface area (Å²) >= 11 is 0. The lowest BCUT2D eigenvalue weighted by Gasteiger charge is -2.09. The summed E-state index contributed by atoms with van der Waals surface area (Å²) in [5.74, 6) is 0.167. The largest absolute Gasteiger partial charge is 0.383 e. The number of methoxy groups -OCH3 is 1. The second-order valence-electron chi connectivity index (χ2n) is 5.39. The first-order chi connectivity index (χ1) is 11.0. The van der Waals surface area contributed by atoms with Crippen LogP contribution in [0.3, 0.4) is 0 Å².